The average Bonchev–Trinajstić information content (AvgIpc) is 3.25. The number of nitrogens with zero attached hydrogens (tertiary/aromatic N) is 1. The fraction of sp³-hybridized carbons (Fsp3) is 0.0769. The Hall–Kier alpha value is -4.88. The Morgan fingerprint density at radius 2 is 0.925 bits per heavy atom. The van der Waals surface area contributed by atoms with Gasteiger partial charge in [-0.2, -0.15) is 0 Å². The standard InChI is InChI=1S/C39H29N/c1-39(2)35-22-12-10-20-31(35)33-24-34-30-19-9-7-17-28(30)27-16-6-8-18-29(27)32-21-11-13-23-37(32)40(38(34)25-36(33)39)26-14-4-3-5-15-26/h3-25H,1-2H3. The Morgan fingerprint density at radius 1 is 0.400 bits per heavy atom. The van der Waals surface area contributed by atoms with Gasteiger partial charge < -0.3 is 4.57 Å². The second-order valence-electron chi connectivity index (χ2n) is 11.4. The van der Waals surface area contributed by atoms with Gasteiger partial charge in [0.25, 0.3) is 0 Å². The second-order valence-corrected chi connectivity index (χ2v) is 11.4. The molecule has 40 heavy (non-hydrogen) atoms. The van der Waals surface area contributed by atoms with E-state index in [1.807, 2.05) is 0 Å². The van der Waals surface area contributed by atoms with Crippen LogP contribution in [0.4, 0.5) is 0 Å². The highest BCUT2D eigenvalue weighted by atomic mass is 15.0. The topological polar surface area (TPSA) is 4.93 Å². The van der Waals surface area contributed by atoms with Crippen LogP contribution in [0.5, 0.6) is 0 Å². The van der Waals surface area contributed by atoms with Crippen molar-refractivity contribution in [2.75, 3.05) is 0 Å². The molecule has 1 heteroatoms. The molecule has 1 nitrogen and oxygen atoms in total. The first-order chi connectivity index (χ1) is 19.6. The monoisotopic (exact) mass is 511 g/mol. The molecule has 0 atom stereocenters. The van der Waals surface area contributed by atoms with Crippen molar-refractivity contribution in [3.63, 3.8) is 0 Å². The van der Waals surface area contributed by atoms with Gasteiger partial charge in [0, 0.05) is 21.9 Å². The summed E-state index contributed by atoms with van der Waals surface area (Å²) in [6, 6.07) is 51.3. The number of rotatable bonds is 1. The highest BCUT2D eigenvalue weighted by molar-refractivity contribution is 6.20. The molecule has 7 aromatic rings. The Bertz CT molecular complexity index is 2180. The van der Waals surface area contributed by atoms with Gasteiger partial charge in [-0.25, -0.2) is 0 Å². The van der Waals surface area contributed by atoms with Crippen molar-refractivity contribution in [3.05, 3.63) is 151 Å². The number of benzene rings is 6. The van der Waals surface area contributed by atoms with E-state index in [1.165, 1.54) is 65.6 Å². The molecule has 8 rings (SSSR count). The number of aromatic nitrogens is 1. The Morgan fingerprint density at radius 3 is 1.62 bits per heavy atom. The van der Waals surface area contributed by atoms with Crippen LogP contribution in [0, 0.1) is 0 Å². The number of fused-ring (bicyclic) bond motifs is 10. The fourth-order valence-corrected chi connectivity index (χ4v) is 6.92. The van der Waals surface area contributed by atoms with Crippen LogP contribution < -0.4 is 0 Å². The van der Waals surface area contributed by atoms with Gasteiger partial charge >= 0.3 is 0 Å². The smallest absolute Gasteiger partial charge is 0.0544 e. The highest BCUT2D eigenvalue weighted by Gasteiger charge is 2.35. The summed E-state index contributed by atoms with van der Waals surface area (Å²) in [6.45, 7) is 4.73. The van der Waals surface area contributed by atoms with Gasteiger partial charge in [0.05, 0.1) is 11.0 Å². The molecule has 6 aromatic carbocycles. The van der Waals surface area contributed by atoms with E-state index >= 15 is 0 Å². The van der Waals surface area contributed by atoms with Crippen LogP contribution in [-0.2, 0) is 5.41 Å². The normalized spacial score (nSPS) is 13.4. The molecule has 0 amide bonds. The molecule has 0 spiro atoms. The lowest BCUT2D eigenvalue weighted by Crippen LogP contribution is -2.15. The molecule has 0 saturated heterocycles. The number of hydrogen-bond donors (Lipinski definition) is 0. The summed E-state index contributed by atoms with van der Waals surface area (Å²) in [5, 5.41) is 7.49. The van der Waals surface area contributed by atoms with Crippen LogP contribution in [-0.4, -0.2) is 4.57 Å². The fourth-order valence-electron chi connectivity index (χ4n) is 6.92. The Labute approximate surface area is 234 Å². The van der Waals surface area contributed by atoms with Crippen molar-refractivity contribution in [3.8, 4) is 16.8 Å². The van der Waals surface area contributed by atoms with E-state index < -0.39 is 0 Å². The first kappa shape index (κ1) is 23.0. The van der Waals surface area contributed by atoms with Gasteiger partial charge in [-0.1, -0.05) is 123 Å². The maximum Gasteiger partial charge on any atom is 0.0544 e. The van der Waals surface area contributed by atoms with Gasteiger partial charge in [0.2, 0.25) is 0 Å². The number of para-hydroxylation sites is 2. The van der Waals surface area contributed by atoms with Crippen LogP contribution in [0.25, 0.3) is 60.2 Å². The third kappa shape index (κ3) is 3.21. The SMILES string of the molecule is CC1(C)c2ccccc2-c2cc3c4ccccc4c4ccccc4c4ccccc4n(-c4ccccc4)c3cc21. The van der Waals surface area contributed by atoms with Gasteiger partial charge in [-0.05, 0) is 74.1 Å². The minimum atomic E-state index is -0.0935. The van der Waals surface area contributed by atoms with Gasteiger partial charge in [0.15, 0.2) is 0 Å². The molecular weight excluding hydrogens is 482 g/mol. The molecule has 1 heterocycles. The Kier molecular flexibility index (Phi) is 4.93. The van der Waals surface area contributed by atoms with Crippen molar-refractivity contribution in [2.45, 2.75) is 19.3 Å². The van der Waals surface area contributed by atoms with E-state index in [2.05, 4.69) is 158 Å². The van der Waals surface area contributed by atoms with Crippen LogP contribution >= 0.6 is 0 Å². The molecule has 0 aliphatic heterocycles. The minimum absolute atomic E-state index is 0.0935. The summed E-state index contributed by atoms with van der Waals surface area (Å²) in [4.78, 5) is 0. The molecule has 0 saturated carbocycles. The zero-order chi connectivity index (χ0) is 26.8. The molecule has 190 valence electrons. The summed E-state index contributed by atoms with van der Waals surface area (Å²) in [5.74, 6) is 0. The lowest BCUT2D eigenvalue weighted by atomic mass is 9.82. The average molecular weight is 512 g/mol. The third-order valence-electron chi connectivity index (χ3n) is 8.82. The van der Waals surface area contributed by atoms with Crippen molar-refractivity contribution in [1.82, 2.24) is 4.57 Å². The maximum atomic E-state index is 2.48. The Balaban J connectivity index is 1.75. The lowest BCUT2D eigenvalue weighted by Gasteiger charge is -2.22. The van der Waals surface area contributed by atoms with E-state index in [9.17, 15) is 0 Å². The first-order valence-corrected chi connectivity index (χ1v) is 14.0. The summed E-state index contributed by atoms with van der Waals surface area (Å²) in [7, 11) is 0. The molecule has 1 aliphatic rings. The van der Waals surface area contributed by atoms with E-state index in [-0.39, 0.29) is 5.41 Å². The van der Waals surface area contributed by atoms with Crippen molar-refractivity contribution >= 4 is 43.4 Å². The largest absolute Gasteiger partial charge is 0.309 e. The molecule has 0 radical (unpaired) electrons. The summed E-state index contributed by atoms with van der Waals surface area (Å²) >= 11 is 0. The molecule has 0 bridgehead atoms. The lowest BCUT2D eigenvalue weighted by molar-refractivity contribution is 0.661. The van der Waals surface area contributed by atoms with E-state index in [1.54, 1.807) is 0 Å². The zero-order valence-electron chi connectivity index (χ0n) is 22.7. The quantitative estimate of drug-likeness (QED) is 0.207. The molecule has 0 fully saturated rings. The predicted molar refractivity (Wildman–Crippen MR) is 171 cm³/mol. The zero-order valence-corrected chi connectivity index (χ0v) is 22.7. The van der Waals surface area contributed by atoms with Crippen LogP contribution in [0.1, 0.15) is 25.0 Å². The predicted octanol–water partition coefficient (Wildman–Crippen LogP) is 10.5. The minimum Gasteiger partial charge on any atom is -0.309 e. The van der Waals surface area contributed by atoms with Gasteiger partial charge in [-0.15, -0.1) is 0 Å². The molecule has 0 N–H and O–H groups in total. The van der Waals surface area contributed by atoms with E-state index in [0.717, 1.165) is 5.69 Å². The van der Waals surface area contributed by atoms with Crippen LogP contribution in [0.15, 0.2) is 140 Å². The van der Waals surface area contributed by atoms with Crippen LogP contribution in [0.3, 0.4) is 0 Å². The molecule has 0 unspecified atom stereocenters. The third-order valence-corrected chi connectivity index (χ3v) is 8.82. The van der Waals surface area contributed by atoms with Crippen molar-refractivity contribution < 1.29 is 0 Å². The summed E-state index contributed by atoms with van der Waals surface area (Å²) in [5.41, 5.74) is 8.90. The van der Waals surface area contributed by atoms with Gasteiger partial charge in [0.1, 0.15) is 0 Å². The summed E-state index contributed by atoms with van der Waals surface area (Å²) < 4.78 is 2.48. The highest BCUT2D eigenvalue weighted by Crippen LogP contribution is 2.50. The first-order valence-electron chi connectivity index (χ1n) is 14.0. The molecule has 1 aliphatic carbocycles. The van der Waals surface area contributed by atoms with Crippen molar-refractivity contribution in [1.29, 1.82) is 0 Å². The second kappa shape index (κ2) is 8.56. The molecule has 1 aromatic heterocycles. The van der Waals surface area contributed by atoms with Crippen molar-refractivity contribution in [2.24, 2.45) is 0 Å². The van der Waals surface area contributed by atoms with E-state index in [4.69, 9.17) is 0 Å². The van der Waals surface area contributed by atoms with E-state index in [0.29, 0.717) is 0 Å². The van der Waals surface area contributed by atoms with Gasteiger partial charge in [-0.3, -0.25) is 0 Å². The maximum absolute atomic E-state index is 2.48. The molecular formula is C39H29N. The van der Waals surface area contributed by atoms with Crippen LogP contribution in [0.2, 0.25) is 0 Å². The summed E-state index contributed by atoms with van der Waals surface area (Å²) in [6.07, 6.45) is 0. The number of hydrogen-bond acceptors (Lipinski definition) is 0.